The molecule has 0 bridgehead atoms. The molecule has 0 aliphatic carbocycles. The highest BCUT2D eigenvalue weighted by atomic mass is 16.4. The average molecular weight is 292 g/mol. The first-order valence-electron chi connectivity index (χ1n) is 7.38. The Kier molecular flexibility index (Phi) is 7.29. The van der Waals surface area contributed by atoms with Crippen LogP contribution in [-0.4, -0.2) is 30.2 Å². The van der Waals surface area contributed by atoms with Crippen LogP contribution in [-0.2, 0) is 4.79 Å². The van der Waals surface area contributed by atoms with Crippen molar-refractivity contribution in [3.05, 3.63) is 29.8 Å². The zero-order valence-corrected chi connectivity index (χ0v) is 12.8. The van der Waals surface area contributed by atoms with Crippen molar-refractivity contribution in [1.82, 2.24) is 5.32 Å². The van der Waals surface area contributed by atoms with Crippen LogP contribution in [0, 0.1) is 6.92 Å². The number of benzene rings is 1. The van der Waals surface area contributed by atoms with E-state index in [1.807, 2.05) is 19.1 Å². The van der Waals surface area contributed by atoms with Crippen LogP contribution < -0.4 is 10.2 Å². The monoisotopic (exact) mass is 292 g/mol. The quantitative estimate of drug-likeness (QED) is 0.723. The molecular weight excluding hydrogens is 268 g/mol. The van der Waals surface area contributed by atoms with Crippen LogP contribution in [0.25, 0.3) is 0 Å². The van der Waals surface area contributed by atoms with Gasteiger partial charge in [-0.1, -0.05) is 43.9 Å². The SMILES string of the molecule is CCCCCCNC(=O)N(CC(=O)O)c1ccc(C)cc1. The zero-order chi connectivity index (χ0) is 15.7. The van der Waals surface area contributed by atoms with Crippen molar-refractivity contribution in [2.24, 2.45) is 0 Å². The van der Waals surface area contributed by atoms with Crippen molar-refractivity contribution >= 4 is 17.7 Å². The molecule has 0 heterocycles. The molecule has 0 aliphatic rings. The first-order chi connectivity index (χ1) is 10.0. The topological polar surface area (TPSA) is 69.6 Å². The standard InChI is InChI=1S/C16H24N2O3/c1-3-4-5-6-11-17-16(21)18(12-15(19)20)14-9-7-13(2)8-10-14/h7-10H,3-6,11-12H2,1-2H3,(H,17,21)(H,19,20). The van der Waals surface area contributed by atoms with Crippen LogP contribution in [0.3, 0.4) is 0 Å². The van der Waals surface area contributed by atoms with Gasteiger partial charge in [-0.3, -0.25) is 9.69 Å². The highest BCUT2D eigenvalue weighted by molar-refractivity contribution is 5.96. The molecule has 0 atom stereocenters. The molecule has 0 saturated carbocycles. The van der Waals surface area contributed by atoms with Gasteiger partial charge in [0.1, 0.15) is 6.54 Å². The summed E-state index contributed by atoms with van der Waals surface area (Å²) in [5.41, 5.74) is 1.66. The van der Waals surface area contributed by atoms with E-state index >= 15 is 0 Å². The molecule has 0 saturated heterocycles. The van der Waals surface area contributed by atoms with Gasteiger partial charge < -0.3 is 10.4 Å². The van der Waals surface area contributed by atoms with Crippen LogP contribution in [0.15, 0.2) is 24.3 Å². The first kappa shape index (κ1) is 17.0. The Labute approximate surface area is 126 Å². The molecule has 2 amide bonds. The minimum Gasteiger partial charge on any atom is -0.480 e. The maximum absolute atomic E-state index is 12.1. The third-order valence-electron chi connectivity index (χ3n) is 3.19. The van der Waals surface area contributed by atoms with Gasteiger partial charge in [-0.05, 0) is 25.5 Å². The number of carboxylic acid groups (broad SMARTS) is 1. The summed E-state index contributed by atoms with van der Waals surface area (Å²) in [5, 5.41) is 11.8. The summed E-state index contributed by atoms with van der Waals surface area (Å²) >= 11 is 0. The molecular formula is C16H24N2O3. The number of unbranched alkanes of at least 4 members (excludes halogenated alkanes) is 3. The number of amides is 2. The number of aryl methyl sites for hydroxylation is 1. The van der Waals surface area contributed by atoms with E-state index in [0.29, 0.717) is 12.2 Å². The predicted octanol–water partition coefficient (Wildman–Crippen LogP) is 3.18. The van der Waals surface area contributed by atoms with Gasteiger partial charge in [0.2, 0.25) is 0 Å². The van der Waals surface area contributed by atoms with Crippen molar-refractivity contribution in [2.75, 3.05) is 18.0 Å². The summed E-state index contributed by atoms with van der Waals surface area (Å²) in [6.07, 6.45) is 4.27. The fraction of sp³-hybridized carbons (Fsp3) is 0.500. The van der Waals surface area contributed by atoms with Crippen molar-refractivity contribution in [3.8, 4) is 0 Å². The lowest BCUT2D eigenvalue weighted by Crippen LogP contribution is -2.43. The molecule has 0 aromatic heterocycles. The summed E-state index contributed by atoms with van der Waals surface area (Å²) in [7, 11) is 0. The molecule has 1 rings (SSSR count). The summed E-state index contributed by atoms with van der Waals surface area (Å²) in [6.45, 7) is 4.30. The third kappa shape index (κ3) is 6.29. The van der Waals surface area contributed by atoms with E-state index in [0.717, 1.165) is 31.2 Å². The van der Waals surface area contributed by atoms with Crippen LogP contribution in [0.5, 0.6) is 0 Å². The fourth-order valence-electron chi connectivity index (χ4n) is 1.98. The lowest BCUT2D eigenvalue weighted by atomic mass is 10.2. The number of aliphatic carboxylic acids is 1. The smallest absolute Gasteiger partial charge is 0.323 e. The molecule has 0 spiro atoms. The highest BCUT2D eigenvalue weighted by Crippen LogP contribution is 2.15. The first-order valence-corrected chi connectivity index (χ1v) is 7.38. The Morgan fingerprint density at radius 3 is 2.38 bits per heavy atom. The largest absolute Gasteiger partial charge is 0.480 e. The summed E-state index contributed by atoms with van der Waals surface area (Å²) in [5.74, 6) is -1.03. The van der Waals surface area contributed by atoms with E-state index in [2.05, 4.69) is 12.2 Å². The molecule has 5 nitrogen and oxygen atoms in total. The third-order valence-corrected chi connectivity index (χ3v) is 3.19. The fourth-order valence-corrected chi connectivity index (χ4v) is 1.98. The predicted molar refractivity (Wildman–Crippen MR) is 83.7 cm³/mol. The number of carbonyl (C=O) groups is 2. The van der Waals surface area contributed by atoms with E-state index in [1.54, 1.807) is 12.1 Å². The molecule has 0 aliphatic heterocycles. The summed E-state index contributed by atoms with van der Waals surface area (Å²) in [4.78, 5) is 24.3. The second kappa shape index (κ2) is 9.00. The molecule has 2 N–H and O–H groups in total. The molecule has 0 fully saturated rings. The number of rotatable bonds is 8. The van der Waals surface area contributed by atoms with Crippen LogP contribution >= 0.6 is 0 Å². The summed E-state index contributed by atoms with van der Waals surface area (Å²) in [6, 6.07) is 6.87. The normalized spacial score (nSPS) is 10.2. The Hall–Kier alpha value is -2.04. The zero-order valence-electron chi connectivity index (χ0n) is 12.8. The van der Waals surface area contributed by atoms with Gasteiger partial charge in [-0.2, -0.15) is 0 Å². The van der Waals surface area contributed by atoms with Crippen molar-refractivity contribution in [2.45, 2.75) is 39.5 Å². The van der Waals surface area contributed by atoms with E-state index in [1.165, 1.54) is 4.90 Å². The van der Waals surface area contributed by atoms with Gasteiger partial charge >= 0.3 is 12.0 Å². The average Bonchev–Trinajstić information content (AvgIpc) is 2.45. The second-order valence-electron chi connectivity index (χ2n) is 5.11. The maximum Gasteiger partial charge on any atom is 0.323 e. The van der Waals surface area contributed by atoms with Crippen LogP contribution in [0.2, 0.25) is 0 Å². The van der Waals surface area contributed by atoms with Gasteiger partial charge in [-0.25, -0.2) is 4.79 Å². The number of urea groups is 1. The van der Waals surface area contributed by atoms with E-state index in [-0.39, 0.29) is 12.6 Å². The Morgan fingerprint density at radius 1 is 1.14 bits per heavy atom. The Bertz CT molecular complexity index is 457. The number of nitrogens with one attached hydrogen (secondary N) is 1. The molecule has 5 heteroatoms. The number of hydrogen-bond donors (Lipinski definition) is 2. The molecule has 1 aromatic rings. The molecule has 21 heavy (non-hydrogen) atoms. The number of carbonyl (C=O) groups excluding carboxylic acids is 1. The second-order valence-corrected chi connectivity index (χ2v) is 5.11. The molecule has 116 valence electrons. The Morgan fingerprint density at radius 2 is 1.81 bits per heavy atom. The van der Waals surface area contributed by atoms with E-state index in [4.69, 9.17) is 5.11 Å². The molecule has 0 unspecified atom stereocenters. The van der Waals surface area contributed by atoms with E-state index < -0.39 is 5.97 Å². The van der Waals surface area contributed by atoms with Gasteiger partial charge in [0.25, 0.3) is 0 Å². The number of nitrogens with zero attached hydrogens (tertiary/aromatic N) is 1. The molecule has 0 radical (unpaired) electrons. The van der Waals surface area contributed by atoms with Crippen LogP contribution in [0.1, 0.15) is 38.2 Å². The lowest BCUT2D eigenvalue weighted by Gasteiger charge is -2.21. The number of anilines is 1. The highest BCUT2D eigenvalue weighted by Gasteiger charge is 2.18. The van der Waals surface area contributed by atoms with Crippen molar-refractivity contribution < 1.29 is 14.7 Å². The summed E-state index contributed by atoms with van der Waals surface area (Å²) < 4.78 is 0. The minimum absolute atomic E-state index is 0.343. The number of hydrogen-bond acceptors (Lipinski definition) is 2. The van der Waals surface area contributed by atoms with Crippen molar-refractivity contribution in [3.63, 3.8) is 0 Å². The van der Waals surface area contributed by atoms with Gasteiger partial charge in [0.05, 0.1) is 0 Å². The number of carboxylic acids is 1. The molecule has 1 aromatic carbocycles. The maximum atomic E-state index is 12.1. The van der Waals surface area contributed by atoms with E-state index in [9.17, 15) is 9.59 Å². The lowest BCUT2D eigenvalue weighted by molar-refractivity contribution is -0.135. The van der Waals surface area contributed by atoms with Gasteiger partial charge in [-0.15, -0.1) is 0 Å². The van der Waals surface area contributed by atoms with Gasteiger partial charge in [0.15, 0.2) is 0 Å². The van der Waals surface area contributed by atoms with Crippen LogP contribution in [0.4, 0.5) is 10.5 Å². The minimum atomic E-state index is -1.03. The Balaban J connectivity index is 2.62. The van der Waals surface area contributed by atoms with Crippen molar-refractivity contribution in [1.29, 1.82) is 0 Å². The van der Waals surface area contributed by atoms with Gasteiger partial charge in [0, 0.05) is 12.2 Å².